The van der Waals surface area contributed by atoms with Gasteiger partial charge in [0, 0.05) is 36.2 Å². The highest BCUT2D eigenvalue weighted by molar-refractivity contribution is 7.11. The van der Waals surface area contributed by atoms with Gasteiger partial charge in [-0.1, -0.05) is 19.8 Å². The Morgan fingerprint density at radius 3 is 3.11 bits per heavy atom. The molecule has 2 heterocycles. The molecule has 2 aliphatic rings. The van der Waals surface area contributed by atoms with E-state index < -0.39 is 0 Å². The second-order valence-corrected chi connectivity index (χ2v) is 7.15. The number of nitrogens with zero attached hydrogens (tertiary/aromatic N) is 1. The third-order valence-electron chi connectivity index (χ3n) is 4.56. The van der Waals surface area contributed by atoms with Crippen LogP contribution in [0.3, 0.4) is 0 Å². The first kappa shape index (κ1) is 13.5. The van der Waals surface area contributed by atoms with Crippen LogP contribution in [0.15, 0.2) is 6.20 Å². The van der Waals surface area contributed by atoms with Crippen LogP contribution in [0.1, 0.15) is 48.9 Å². The molecule has 3 rings (SSSR count). The average molecular weight is 279 g/mol. The standard InChI is InChI=1S/C15H25N3S/c1-2-13-9-17-15(19-13)10-16-8-12-7-11-5-3-4-6-14(11)18-12/h9,11-12,14,16,18H,2-8,10H2,1H3. The van der Waals surface area contributed by atoms with Crippen molar-refractivity contribution in [3.8, 4) is 0 Å². The van der Waals surface area contributed by atoms with E-state index in [9.17, 15) is 0 Å². The second kappa shape index (κ2) is 6.33. The molecule has 0 bridgehead atoms. The molecule has 1 saturated heterocycles. The van der Waals surface area contributed by atoms with E-state index in [1.54, 1.807) is 0 Å². The van der Waals surface area contributed by atoms with Gasteiger partial charge in [-0.2, -0.15) is 0 Å². The predicted octanol–water partition coefficient (Wildman–Crippen LogP) is 2.72. The van der Waals surface area contributed by atoms with Crippen molar-refractivity contribution in [3.63, 3.8) is 0 Å². The fourth-order valence-corrected chi connectivity index (χ4v) is 4.37. The van der Waals surface area contributed by atoms with Gasteiger partial charge < -0.3 is 10.6 Å². The molecule has 2 fully saturated rings. The topological polar surface area (TPSA) is 37.0 Å². The Balaban J connectivity index is 1.40. The van der Waals surface area contributed by atoms with Crippen LogP contribution in [0, 0.1) is 5.92 Å². The van der Waals surface area contributed by atoms with Crippen LogP contribution in [0.2, 0.25) is 0 Å². The lowest BCUT2D eigenvalue weighted by atomic mass is 9.85. The predicted molar refractivity (Wildman–Crippen MR) is 80.5 cm³/mol. The maximum atomic E-state index is 4.46. The van der Waals surface area contributed by atoms with E-state index in [1.165, 1.54) is 42.0 Å². The molecule has 0 spiro atoms. The number of thiazole rings is 1. The number of fused-ring (bicyclic) bond motifs is 1. The zero-order valence-corrected chi connectivity index (χ0v) is 12.6. The van der Waals surface area contributed by atoms with Crippen LogP contribution >= 0.6 is 11.3 Å². The van der Waals surface area contributed by atoms with E-state index in [0.29, 0.717) is 6.04 Å². The molecule has 1 saturated carbocycles. The molecule has 3 atom stereocenters. The summed E-state index contributed by atoms with van der Waals surface area (Å²) >= 11 is 1.84. The maximum absolute atomic E-state index is 4.46. The lowest BCUT2D eigenvalue weighted by molar-refractivity contribution is 0.325. The van der Waals surface area contributed by atoms with Crippen LogP contribution < -0.4 is 10.6 Å². The van der Waals surface area contributed by atoms with Gasteiger partial charge in [0.2, 0.25) is 0 Å². The number of aryl methyl sites for hydroxylation is 1. The smallest absolute Gasteiger partial charge is 0.107 e. The summed E-state index contributed by atoms with van der Waals surface area (Å²) in [4.78, 5) is 5.85. The molecular formula is C15H25N3S. The monoisotopic (exact) mass is 279 g/mol. The van der Waals surface area contributed by atoms with Crippen molar-refractivity contribution in [2.75, 3.05) is 6.54 Å². The Hall–Kier alpha value is -0.450. The van der Waals surface area contributed by atoms with Gasteiger partial charge in [-0.3, -0.25) is 0 Å². The lowest BCUT2D eigenvalue weighted by Crippen LogP contribution is -2.38. The maximum Gasteiger partial charge on any atom is 0.107 e. The Morgan fingerprint density at radius 1 is 1.42 bits per heavy atom. The lowest BCUT2D eigenvalue weighted by Gasteiger charge is -2.24. The molecule has 4 heteroatoms. The Morgan fingerprint density at radius 2 is 2.32 bits per heavy atom. The molecule has 3 nitrogen and oxygen atoms in total. The Bertz CT molecular complexity index is 390. The quantitative estimate of drug-likeness (QED) is 0.870. The van der Waals surface area contributed by atoms with E-state index >= 15 is 0 Å². The number of aromatic nitrogens is 1. The highest BCUT2D eigenvalue weighted by Gasteiger charge is 2.34. The molecule has 3 unspecified atom stereocenters. The molecule has 19 heavy (non-hydrogen) atoms. The van der Waals surface area contributed by atoms with Crippen LogP contribution in [-0.4, -0.2) is 23.6 Å². The summed E-state index contributed by atoms with van der Waals surface area (Å²) in [5.74, 6) is 0.951. The van der Waals surface area contributed by atoms with Crippen molar-refractivity contribution in [2.45, 2.75) is 64.1 Å². The minimum atomic E-state index is 0.679. The third kappa shape index (κ3) is 3.36. The molecule has 1 aliphatic heterocycles. The fraction of sp³-hybridized carbons (Fsp3) is 0.800. The summed E-state index contributed by atoms with van der Waals surface area (Å²) in [7, 11) is 0. The van der Waals surface area contributed by atoms with Crippen LogP contribution in [-0.2, 0) is 13.0 Å². The van der Waals surface area contributed by atoms with Crippen molar-refractivity contribution in [1.82, 2.24) is 15.6 Å². The highest BCUT2D eigenvalue weighted by atomic mass is 32.1. The van der Waals surface area contributed by atoms with E-state index in [1.807, 2.05) is 17.5 Å². The molecule has 2 N–H and O–H groups in total. The minimum absolute atomic E-state index is 0.679. The molecule has 106 valence electrons. The molecular weight excluding hydrogens is 254 g/mol. The number of rotatable bonds is 5. The van der Waals surface area contributed by atoms with E-state index in [0.717, 1.165) is 31.5 Å². The molecule has 1 aliphatic carbocycles. The average Bonchev–Trinajstić information content (AvgIpc) is 3.04. The Kier molecular flexibility index (Phi) is 4.51. The number of nitrogens with one attached hydrogen (secondary N) is 2. The summed E-state index contributed by atoms with van der Waals surface area (Å²) in [5.41, 5.74) is 0. The van der Waals surface area contributed by atoms with E-state index in [-0.39, 0.29) is 0 Å². The van der Waals surface area contributed by atoms with Crippen molar-refractivity contribution in [3.05, 3.63) is 16.1 Å². The van der Waals surface area contributed by atoms with Gasteiger partial charge in [-0.25, -0.2) is 4.98 Å². The van der Waals surface area contributed by atoms with Crippen LogP contribution in [0.4, 0.5) is 0 Å². The first-order chi connectivity index (χ1) is 9.35. The molecule has 0 amide bonds. The van der Waals surface area contributed by atoms with E-state index in [2.05, 4.69) is 22.5 Å². The van der Waals surface area contributed by atoms with Crippen LogP contribution in [0.5, 0.6) is 0 Å². The first-order valence-electron chi connectivity index (χ1n) is 7.75. The summed E-state index contributed by atoms with van der Waals surface area (Å²) in [6.45, 7) is 4.21. The summed E-state index contributed by atoms with van der Waals surface area (Å²) in [5, 5.41) is 8.62. The molecule has 0 aromatic carbocycles. The third-order valence-corrected chi connectivity index (χ3v) is 5.70. The zero-order valence-electron chi connectivity index (χ0n) is 11.8. The van der Waals surface area contributed by atoms with Crippen molar-refractivity contribution in [1.29, 1.82) is 0 Å². The summed E-state index contributed by atoms with van der Waals surface area (Å²) < 4.78 is 0. The summed E-state index contributed by atoms with van der Waals surface area (Å²) in [6.07, 6.45) is 10.2. The molecule has 1 aromatic heterocycles. The van der Waals surface area contributed by atoms with Gasteiger partial charge in [0.25, 0.3) is 0 Å². The van der Waals surface area contributed by atoms with Crippen LogP contribution in [0.25, 0.3) is 0 Å². The van der Waals surface area contributed by atoms with Crippen molar-refractivity contribution in [2.24, 2.45) is 5.92 Å². The van der Waals surface area contributed by atoms with Gasteiger partial charge in [0.15, 0.2) is 0 Å². The van der Waals surface area contributed by atoms with Crippen molar-refractivity contribution >= 4 is 11.3 Å². The molecule has 0 radical (unpaired) electrons. The second-order valence-electron chi connectivity index (χ2n) is 5.96. The zero-order chi connectivity index (χ0) is 13.1. The fourth-order valence-electron chi connectivity index (χ4n) is 3.53. The minimum Gasteiger partial charge on any atom is -0.310 e. The normalized spacial score (nSPS) is 30.5. The first-order valence-corrected chi connectivity index (χ1v) is 8.57. The van der Waals surface area contributed by atoms with Gasteiger partial charge >= 0.3 is 0 Å². The van der Waals surface area contributed by atoms with Gasteiger partial charge in [-0.05, 0) is 31.6 Å². The Labute approximate surface area is 120 Å². The SMILES string of the molecule is CCc1cnc(CNCC2CC3CCCCC3N2)s1. The molecule has 1 aromatic rings. The van der Waals surface area contributed by atoms with E-state index in [4.69, 9.17) is 0 Å². The van der Waals surface area contributed by atoms with Gasteiger partial charge in [0.05, 0.1) is 0 Å². The van der Waals surface area contributed by atoms with Gasteiger partial charge in [-0.15, -0.1) is 11.3 Å². The largest absolute Gasteiger partial charge is 0.310 e. The van der Waals surface area contributed by atoms with Gasteiger partial charge in [0.1, 0.15) is 5.01 Å². The summed E-state index contributed by atoms with van der Waals surface area (Å²) in [6, 6.07) is 1.49. The van der Waals surface area contributed by atoms with Crippen molar-refractivity contribution < 1.29 is 0 Å². The highest BCUT2D eigenvalue weighted by Crippen LogP contribution is 2.32. The number of hydrogen-bond acceptors (Lipinski definition) is 4. The number of hydrogen-bond donors (Lipinski definition) is 2.